The smallest absolute Gasteiger partial charge is 0.0663 e. The fourth-order valence-electron chi connectivity index (χ4n) is 1.11. The zero-order valence-electron chi connectivity index (χ0n) is 7.62. The standard InChI is InChI=1S/C11H12N2/c1-13-11-8-3-2-6-10(11)7-4-5-9-12/h2-4,6-8,13H,5H2,1H3/b7-4+. The molecule has 2 nitrogen and oxygen atoms in total. The van der Waals surface area contributed by atoms with Gasteiger partial charge in [-0.15, -0.1) is 0 Å². The first-order valence-electron chi connectivity index (χ1n) is 4.18. The number of allylic oxidation sites excluding steroid dienone is 1. The Morgan fingerprint density at radius 1 is 1.46 bits per heavy atom. The van der Waals surface area contributed by atoms with E-state index in [2.05, 4.69) is 11.4 Å². The van der Waals surface area contributed by atoms with E-state index in [1.807, 2.05) is 43.5 Å². The van der Waals surface area contributed by atoms with E-state index >= 15 is 0 Å². The number of anilines is 1. The summed E-state index contributed by atoms with van der Waals surface area (Å²) in [6.07, 6.45) is 4.27. The molecule has 0 fully saturated rings. The van der Waals surface area contributed by atoms with Crippen molar-refractivity contribution in [2.24, 2.45) is 0 Å². The molecule has 0 saturated heterocycles. The molecule has 0 aliphatic carbocycles. The van der Waals surface area contributed by atoms with Gasteiger partial charge in [-0.05, 0) is 11.6 Å². The number of rotatable bonds is 3. The van der Waals surface area contributed by atoms with Gasteiger partial charge < -0.3 is 5.32 Å². The molecule has 2 heteroatoms. The molecule has 1 aromatic carbocycles. The van der Waals surface area contributed by atoms with Crippen molar-refractivity contribution in [2.75, 3.05) is 12.4 Å². The van der Waals surface area contributed by atoms with E-state index in [9.17, 15) is 0 Å². The normalized spacial score (nSPS) is 9.85. The van der Waals surface area contributed by atoms with E-state index < -0.39 is 0 Å². The minimum atomic E-state index is 0.456. The summed E-state index contributed by atoms with van der Waals surface area (Å²) in [7, 11) is 1.89. The van der Waals surface area contributed by atoms with Gasteiger partial charge in [0.05, 0.1) is 12.5 Å². The van der Waals surface area contributed by atoms with E-state index in [-0.39, 0.29) is 0 Å². The summed E-state index contributed by atoms with van der Waals surface area (Å²) in [4.78, 5) is 0. The predicted molar refractivity (Wildman–Crippen MR) is 55.3 cm³/mol. The van der Waals surface area contributed by atoms with Crippen LogP contribution in [0.5, 0.6) is 0 Å². The molecule has 0 atom stereocenters. The highest BCUT2D eigenvalue weighted by atomic mass is 14.8. The summed E-state index contributed by atoms with van der Waals surface area (Å²) in [6, 6.07) is 10.0. The molecule has 0 unspecified atom stereocenters. The fourth-order valence-corrected chi connectivity index (χ4v) is 1.11. The van der Waals surface area contributed by atoms with Gasteiger partial charge in [0.2, 0.25) is 0 Å². The van der Waals surface area contributed by atoms with Crippen molar-refractivity contribution in [2.45, 2.75) is 6.42 Å². The third-order valence-corrected chi connectivity index (χ3v) is 1.74. The molecular weight excluding hydrogens is 160 g/mol. The Morgan fingerprint density at radius 3 is 2.92 bits per heavy atom. The Hall–Kier alpha value is -1.75. The zero-order chi connectivity index (χ0) is 9.52. The number of nitrogens with zero attached hydrogens (tertiary/aromatic N) is 1. The van der Waals surface area contributed by atoms with Crippen molar-refractivity contribution >= 4 is 11.8 Å². The molecule has 0 aliphatic heterocycles. The molecule has 0 radical (unpaired) electrons. The lowest BCUT2D eigenvalue weighted by Crippen LogP contribution is -1.89. The first kappa shape index (κ1) is 9.34. The van der Waals surface area contributed by atoms with Crippen LogP contribution in [0.15, 0.2) is 30.3 Å². The van der Waals surface area contributed by atoms with Gasteiger partial charge in [0.25, 0.3) is 0 Å². The molecule has 0 aliphatic rings. The molecule has 0 aromatic heterocycles. The first-order chi connectivity index (χ1) is 6.38. The number of benzene rings is 1. The van der Waals surface area contributed by atoms with E-state index in [1.54, 1.807) is 0 Å². The van der Waals surface area contributed by atoms with Gasteiger partial charge in [-0.1, -0.05) is 30.4 Å². The topological polar surface area (TPSA) is 35.8 Å². The van der Waals surface area contributed by atoms with Gasteiger partial charge >= 0.3 is 0 Å². The van der Waals surface area contributed by atoms with Crippen molar-refractivity contribution < 1.29 is 0 Å². The van der Waals surface area contributed by atoms with Crippen LogP contribution < -0.4 is 5.32 Å². The molecule has 1 aromatic rings. The van der Waals surface area contributed by atoms with E-state index in [4.69, 9.17) is 5.26 Å². The summed E-state index contributed by atoms with van der Waals surface area (Å²) in [6.45, 7) is 0. The SMILES string of the molecule is CNc1ccccc1/C=C/CC#N. The number of hydrogen-bond donors (Lipinski definition) is 1. The maximum atomic E-state index is 8.35. The molecule has 0 saturated carbocycles. The molecule has 0 bridgehead atoms. The highest BCUT2D eigenvalue weighted by molar-refractivity contribution is 5.66. The van der Waals surface area contributed by atoms with Crippen LogP contribution in [0.1, 0.15) is 12.0 Å². The van der Waals surface area contributed by atoms with E-state index in [0.29, 0.717) is 6.42 Å². The van der Waals surface area contributed by atoms with Crippen molar-refractivity contribution in [3.8, 4) is 6.07 Å². The summed E-state index contributed by atoms with van der Waals surface area (Å²) >= 11 is 0. The predicted octanol–water partition coefficient (Wildman–Crippen LogP) is 2.66. The molecule has 13 heavy (non-hydrogen) atoms. The van der Waals surface area contributed by atoms with E-state index in [1.165, 1.54) is 0 Å². The van der Waals surface area contributed by atoms with Crippen LogP contribution in [0.3, 0.4) is 0 Å². The maximum Gasteiger partial charge on any atom is 0.0663 e. The second-order valence-corrected chi connectivity index (χ2v) is 2.60. The van der Waals surface area contributed by atoms with Gasteiger partial charge in [-0.3, -0.25) is 0 Å². The van der Waals surface area contributed by atoms with Crippen molar-refractivity contribution in [3.05, 3.63) is 35.9 Å². The average Bonchev–Trinajstić information content (AvgIpc) is 2.19. The molecular formula is C11H12N2. The molecule has 1 rings (SSSR count). The van der Waals surface area contributed by atoms with Crippen molar-refractivity contribution in [1.29, 1.82) is 5.26 Å². The summed E-state index contributed by atoms with van der Waals surface area (Å²) < 4.78 is 0. The minimum Gasteiger partial charge on any atom is -0.388 e. The Morgan fingerprint density at radius 2 is 2.23 bits per heavy atom. The largest absolute Gasteiger partial charge is 0.388 e. The first-order valence-corrected chi connectivity index (χ1v) is 4.18. The van der Waals surface area contributed by atoms with Crippen molar-refractivity contribution in [1.82, 2.24) is 0 Å². The molecule has 0 heterocycles. The minimum absolute atomic E-state index is 0.456. The van der Waals surface area contributed by atoms with Crippen LogP contribution in [-0.4, -0.2) is 7.05 Å². The Kier molecular flexibility index (Phi) is 3.59. The number of nitriles is 1. The third kappa shape index (κ3) is 2.64. The van der Waals surface area contributed by atoms with Crippen LogP contribution in [0.25, 0.3) is 6.08 Å². The number of nitrogens with one attached hydrogen (secondary N) is 1. The summed E-state index contributed by atoms with van der Waals surface area (Å²) in [5.41, 5.74) is 2.19. The van der Waals surface area contributed by atoms with E-state index in [0.717, 1.165) is 11.3 Å². The molecule has 66 valence electrons. The molecule has 0 amide bonds. The Labute approximate surface area is 78.5 Å². The Balaban J connectivity index is 2.82. The maximum absolute atomic E-state index is 8.35. The fraction of sp³-hybridized carbons (Fsp3) is 0.182. The summed E-state index contributed by atoms with van der Waals surface area (Å²) in [5.74, 6) is 0. The quantitative estimate of drug-likeness (QED) is 0.760. The average molecular weight is 172 g/mol. The van der Waals surface area contributed by atoms with Gasteiger partial charge in [-0.25, -0.2) is 0 Å². The van der Waals surface area contributed by atoms with Gasteiger partial charge in [0, 0.05) is 12.7 Å². The lowest BCUT2D eigenvalue weighted by molar-refractivity contribution is 1.36. The highest BCUT2D eigenvalue weighted by Gasteiger charge is 1.92. The van der Waals surface area contributed by atoms with Gasteiger partial charge in [-0.2, -0.15) is 5.26 Å². The lowest BCUT2D eigenvalue weighted by Gasteiger charge is -2.03. The third-order valence-electron chi connectivity index (χ3n) is 1.74. The van der Waals surface area contributed by atoms with Crippen LogP contribution in [0.2, 0.25) is 0 Å². The van der Waals surface area contributed by atoms with Crippen molar-refractivity contribution in [3.63, 3.8) is 0 Å². The van der Waals surface area contributed by atoms with Gasteiger partial charge in [0.15, 0.2) is 0 Å². The monoisotopic (exact) mass is 172 g/mol. The summed E-state index contributed by atoms with van der Waals surface area (Å²) in [5, 5.41) is 11.4. The second kappa shape index (κ2) is 5.00. The van der Waals surface area contributed by atoms with Crippen LogP contribution in [0, 0.1) is 11.3 Å². The second-order valence-electron chi connectivity index (χ2n) is 2.60. The van der Waals surface area contributed by atoms with Crippen LogP contribution in [-0.2, 0) is 0 Å². The molecule has 1 N–H and O–H groups in total. The Bertz CT molecular complexity index is 334. The molecule has 0 spiro atoms. The zero-order valence-corrected chi connectivity index (χ0v) is 7.62. The highest BCUT2D eigenvalue weighted by Crippen LogP contribution is 2.15. The number of para-hydroxylation sites is 1. The van der Waals surface area contributed by atoms with Crippen LogP contribution >= 0.6 is 0 Å². The lowest BCUT2D eigenvalue weighted by atomic mass is 10.1. The van der Waals surface area contributed by atoms with Gasteiger partial charge in [0.1, 0.15) is 0 Å². The van der Waals surface area contributed by atoms with Crippen LogP contribution in [0.4, 0.5) is 5.69 Å². The number of hydrogen-bond acceptors (Lipinski definition) is 2.